The minimum atomic E-state index is -0.0368. The molecule has 1 aliphatic rings. The number of nitrogens with one attached hydrogen (secondary N) is 1. The van der Waals surface area contributed by atoms with Crippen molar-refractivity contribution in [2.75, 3.05) is 19.4 Å². The molecule has 1 aromatic carbocycles. The number of hydrogen-bond acceptors (Lipinski definition) is 4. The first kappa shape index (κ1) is 16.1. The lowest BCUT2D eigenvalue weighted by atomic mass is 10.1. The Hall–Kier alpha value is -1.79. The molecule has 2 aromatic rings. The van der Waals surface area contributed by atoms with Crippen LogP contribution in [0.4, 0.5) is 0 Å². The van der Waals surface area contributed by atoms with E-state index in [2.05, 4.69) is 10.3 Å². The molecule has 23 heavy (non-hydrogen) atoms. The van der Waals surface area contributed by atoms with Crippen molar-refractivity contribution in [2.45, 2.75) is 30.5 Å². The predicted molar refractivity (Wildman–Crippen MR) is 91.3 cm³/mol. The maximum atomic E-state index is 12.2. The van der Waals surface area contributed by atoms with Gasteiger partial charge in [-0.05, 0) is 49.8 Å². The van der Waals surface area contributed by atoms with Crippen LogP contribution in [-0.2, 0) is 4.74 Å². The van der Waals surface area contributed by atoms with E-state index in [9.17, 15) is 4.79 Å². The van der Waals surface area contributed by atoms with Crippen molar-refractivity contribution >= 4 is 17.7 Å². The lowest BCUT2D eigenvalue weighted by molar-refractivity contribution is 0.0907. The van der Waals surface area contributed by atoms with Gasteiger partial charge in [0.1, 0.15) is 0 Å². The number of benzene rings is 1. The molecule has 1 aromatic heterocycles. The zero-order valence-corrected chi connectivity index (χ0v) is 14.0. The number of aromatic nitrogens is 2. The van der Waals surface area contributed by atoms with E-state index < -0.39 is 0 Å². The molecule has 3 rings (SSSR count). The molecule has 6 heteroatoms. The summed E-state index contributed by atoms with van der Waals surface area (Å²) in [5.41, 5.74) is 1.68. The minimum absolute atomic E-state index is 0.0368. The van der Waals surface area contributed by atoms with Gasteiger partial charge in [0, 0.05) is 36.8 Å². The Kier molecular flexibility index (Phi) is 5.35. The zero-order chi connectivity index (χ0) is 16.1. The standard InChI is InChI=1S/C17H21N3O2S/c1-23-17-19-10-11-20(17)14-6-4-13(5-7-14)16(21)18-9-8-15-3-2-12-22-15/h4-7,10-11,15H,2-3,8-9,12H2,1H3,(H,18,21). The Morgan fingerprint density at radius 2 is 2.26 bits per heavy atom. The number of rotatable bonds is 6. The summed E-state index contributed by atoms with van der Waals surface area (Å²) in [4.78, 5) is 16.4. The highest BCUT2D eigenvalue weighted by Crippen LogP contribution is 2.18. The van der Waals surface area contributed by atoms with E-state index in [1.165, 1.54) is 0 Å². The molecule has 0 saturated carbocycles. The van der Waals surface area contributed by atoms with E-state index >= 15 is 0 Å². The van der Waals surface area contributed by atoms with Gasteiger partial charge < -0.3 is 10.1 Å². The number of thioether (sulfide) groups is 1. The van der Waals surface area contributed by atoms with Gasteiger partial charge in [0.05, 0.1) is 6.10 Å². The normalized spacial score (nSPS) is 17.3. The summed E-state index contributed by atoms with van der Waals surface area (Å²) in [6.45, 7) is 1.51. The molecule has 0 bridgehead atoms. The van der Waals surface area contributed by atoms with Crippen LogP contribution in [0.1, 0.15) is 29.6 Å². The van der Waals surface area contributed by atoms with Gasteiger partial charge in [-0.2, -0.15) is 0 Å². The summed E-state index contributed by atoms with van der Waals surface area (Å²) >= 11 is 1.59. The average Bonchev–Trinajstić information content (AvgIpc) is 3.26. The first-order valence-corrected chi connectivity index (χ1v) is 9.08. The van der Waals surface area contributed by atoms with Crippen LogP contribution in [0.5, 0.6) is 0 Å². The Labute approximate surface area is 140 Å². The number of hydrogen-bond donors (Lipinski definition) is 1. The van der Waals surface area contributed by atoms with Gasteiger partial charge in [0.2, 0.25) is 0 Å². The summed E-state index contributed by atoms with van der Waals surface area (Å²) in [5, 5.41) is 3.89. The van der Waals surface area contributed by atoms with Gasteiger partial charge in [0.15, 0.2) is 5.16 Å². The minimum Gasteiger partial charge on any atom is -0.378 e. The SMILES string of the molecule is CSc1nccn1-c1ccc(C(=O)NCCC2CCCO2)cc1. The molecule has 0 spiro atoms. The monoisotopic (exact) mass is 331 g/mol. The van der Waals surface area contributed by atoms with Crippen molar-refractivity contribution in [1.82, 2.24) is 14.9 Å². The van der Waals surface area contributed by atoms with Crippen LogP contribution in [-0.4, -0.2) is 41.0 Å². The van der Waals surface area contributed by atoms with Crippen LogP contribution >= 0.6 is 11.8 Å². The van der Waals surface area contributed by atoms with E-state index in [0.29, 0.717) is 18.2 Å². The molecule has 1 aliphatic heterocycles. The average molecular weight is 331 g/mol. The first-order valence-electron chi connectivity index (χ1n) is 7.85. The number of ether oxygens (including phenoxy) is 1. The molecular formula is C17H21N3O2S. The second-order valence-corrected chi connectivity index (χ2v) is 6.28. The van der Waals surface area contributed by atoms with Gasteiger partial charge in [-0.15, -0.1) is 0 Å². The molecule has 1 N–H and O–H groups in total. The number of amides is 1. The summed E-state index contributed by atoms with van der Waals surface area (Å²) < 4.78 is 7.56. The summed E-state index contributed by atoms with van der Waals surface area (Å²) in [7, 11) is 0. The highest BCUT2D eigenvalue weighted by Gasteiger charge is 2.15. The number of carbonyl (C=O) groups excluding carboxylic acids is 1. The fourth-order valence-corrected chi connectivity index (χ4v) is 3.26. The molecule has 1 atom stereocenters. The maximum Gasteiger partial charge on any atom is 0.251 e. The summed E-state index contributed by atoms with van der Waals surface area (Å²) in [6, 6.07) is 7.58. The molecule has 122 valence electrons. The van der Waals surface area contributed by atoms with Gasteiger partial charge in [-0.1, -0.05) is 11.8 Å². The molecule has 0 aliphatic carbocycles. The van der Waals surface area contributed by atoms with Crippen molar-refractivity contribution in [3.8, 4) is 5.69 Å². The summed E-state index contributed by atoms with van der Waals surface area (Å²) in [6.07, 6.45) is 9.12. The van der Waals surface area contributed by atoms with Crippen LogP contribution in [0.2, 0.25) is 0 Å². The molecule has 1 saturated heterocycles. The fraction of sp³-hybridized carbons (Fsp3) is 0.412. The topological polar surface area (TPSA) is 56.2 Å². The van der Waals surface area contributed by atoms with E-state index in [1.54, 1.807) is 18.0 Å². The first-order chi connectivity index (χ1) is 11.3. The third-order valence-corrected chi connectivity index (χ3v) is 4.64. The van der Waals surface area contributed by atoms with Crippen molar-refractivity contribution in [3.63, 3.8) is 0 Å². The highest BCUT2D eigenvalue weighted by atomic mass is 32.2. The third kappa shape index (κ3) is 3.95. The third-order valence-electron chi connectivity index (χ3n) is 3.97. The molecule has 1 amide bonds. The fourth-order valence-electron chi connectivity index (χ4n) is 2.73. The quantitative estimate of drug-likeness (QED) is 0.827. The number of imidazole rings is 1. The second kappa shape index (κ2) is 7.66. The van der Waals surface area contributed by atoms with E-state index in [1.807, 2.05) is 41.3 Å². The van der Waals surface area contributed by atoms with Crippen molar-refractivity contribution in [2.24, 2.45) is 0 Å². The van der Waals surface area contributed by atoms with Gasteiger partial charge >= 0.3 is 0 Å². The smallest absolute Gasteiger partial charge is 0.251 e. The largest absolute Gasteiger partial charge is 0.378 e. The van der Waals surface area contributed by atoms with Crippen molar-refractivity contribution < 1.29 is 9.53 Å². The molecule has 2 heterocycles. The Morgan fingerprint density at radius 3 is 2.96 bits per heavy atom. The number of carbonyl (C=O) groups is 1. The second-order valence-electron chi connectivity index (χ2n) is 5.51. The molecule has 5 nitrogen and oxygen atoms in total. The van der Waals surface area contributed by atoms with Crippen LogP contribution in [0.25, 0.3) is 5.69 Å². The zero-order valence-electron chi connectivity index (χ0n) is 13.2. The van der Waals surface area contributed by atoms with Crippen LogP contribution in [0.15, 0.2) is 41.8 Å². The van der Waals surface area contributed by atoms with Gasteiger partial charge in [-0.25, -0.2) is 4.98 Å². The van der Waals surface area contributed by atoms with Gasteiger partial charge in [-0.3, -0.25) is 9.36 Å². The van der Waals surface area contributed by atoms with E-state index in [-0.39, 0.29) is 5.91 Å². The van der Waals surface area contributed by atoms with Gasteiger partial charge in [0.25, 0.3) is 5.91 Å². The summed E-state index contributed by atoms with van der Waals surface area (Å²) in [5.74, 6) is -0.0368. The van der Waals surface area contributed by atoms with E-state index in [0.717, 1.165) is 36.7 Å². The van der Waals surface area contributed by atoms with Crippen molar-refractivity contribution in [3.05, 3.63) is 42.2 Å². The Morgan fingerprint density at radius 1 is 1.43 bits per heavy atom. The molecule has 0 radical (unpaired) electrons. The van der Waals surface area contributed by atoms with Crippen molar-refractivity contribution in [1.29, 1.82) is 0 Å². The molecular weight excluding hydrogens is 310 g/mol. The van der Waals surface area contributed by atoms with E-state index in [4.69, 9.17) is 4.74 Å². The molecule has 1 fully saturated rings. The Bertz CT molecular complexity index is 648. The lowest BCUT2D eigenvalue weighted by Gasteiger charge is -2.11. The van der Waals surface area contributed by atoms with Crippen LogP contribution < -0.4 is 5.32 Å². The van der Waals surface area contributed by atoms with Crippen LogP contribution in [0.3, 0.4) is 0 Å². The Balaban J connectivity index is 1.57. The predicted octanol–water partition coefficient (Wildman–Crippen LogP) is 2.89. The lowest BCUT2D eigenvalue weighted by Crippen LogP contribution is -2.27. The maximum absolute atomic E-state index is 12.2. The van der Waals surface area contributed by atoms with Crippen LogP contribution in [0, 0.1) is 0 Å². The highest BCUT2D eigenvalue weighted by molar-refractivity contribution is 7.98. The number of nitrogens with zero attached hydrogens (tertiary/aromatic N) is 2. The molecule has 1 unspecified atom stereocenters.